The predicted molar refractivity (Wildman–Crippen MR) is 68.4 cm³/mol. The first-order valence-corrected chi connectivity index (χ1v) is 6.63. The zero-order chi connectivity index (χ0) is 12.5. The van der Waals surface area contributed by atoms with Crippen molar-refractivity contribution in [3.05, 3.63) is 18.1 Å². The van der Waals surface area contributed by atoms with Crippen LogP contribution in [0, 0.1) is 0 Å². The van der Waals surface area contributed by atoms with Crippen LogP contribution in [0.1, 0.15) is 19.0 Å². The Morgan fingerprint density at radius 2 is 2.06 bits per heavy atom. The molecule has 4 heterocycles. The summed E-state index contributed by atoms with van der Waals surface area (Å²) in [5.41, 5.74) is 1.04. The summed E-state index contributed by atoms with van der Waals surface area (Å²) >= 11 is 0. The molecule has 18 heavy (non-hydrogen) atoms. The van der Waals surface area contributed by atoms with Crippen molar-refractivity contribution in [1.29, 1.82) is 0 Å². The normalized spacial score (nSPS) is 27.9. The largest absolute Gasteiger partial charge is 0.480 e. The summed E-state index contributed by atoms with van der Waals surface area (Å²) in [5, 5.41) is 0. The van der Waals surface area contributed by atoms with Crippen LogP contribution in [0.2, 0.25) is 0 Å². The molecule has 3 fully saturated rings. The van der Waals surface area contributed by atoms with Crippen LogP contribution in [0.5, 0.6) is 5.88 Å². The van der Waals surface area contributed by atoms with Gasteiger partial charge in [0.1, 0.15) is 0 Å². The fourth-order valence-corrected chi connectivity index (χ4v) is 3.01. The lowest BCUT2D eigenvalue weighted by atomic mass is 9.87. The second-order valence-electron chi connectivity index (χ2n) is 5.12. The molecular weight excluding hydrogens is 228 g/mol. The second-order valence-corrected chi connectivity index (χ2v) is 5.12. The number of likely N-dealkylation sites (N-methyl/N-ethyl adjacent to an activating group) is 1. The van der Waals surface area contributed by atoms with Crippen molar-refractivity contribution in [2.45, 2.75) is 32.0 Å². The molecule has 2 unspecified atom stereocenters. The molecule has 5 nitrogen and oxygen atoms in total. The van der Waals surface area contributed by atoms with Crippen LogP contribution in [0.4, 0.5) is 0 Å². The zero-order valence-corrected chi connectivity index (χ0v) is 11.0. The molecule has 0 aromatic carbocycles. The maximum atomic E-state index is 5.02. The second kappa shape index (κ2) is 4.82. The minimum Gasteiger partial charge on any atom is -0.480 e. The monoisotopic (exact) mass is 248 g/mol. The average molecular weight is 248 g/mol. The molecule has 0 aliphatic carbocycles. The van der Waals surface area contributed by atoms with E-state index in [1.54, 1.807) is 13.3 Å². The number of hydrogen-bond acceptors (Lipinski definition) is 5. The Hall–Kier alpha value is -1.20. The van der Waals surface area contributed by atoms with Crippen molar-refractivity contribution in [2.24, 2.45) is 0 Å². The minimum absolute atomic E-state index is 0.583. The van der Waals surface area contributed by atoms with E-state index in [-0.39, 0.29) is 0 Å². The molecule has 1 aromatic rings. The fraction of sp³-hybridized carbons (Fsp3) is 0.692. The van der Waals surface area contributed by atoms with Crippen molar-refractivity contribution in [3.63, 3.8) is 0 Å². The molecule has 0 saturated carbocycles. The molecule has 5 heteroatoms. The van der Waals surface area contributed by atoms with Gasteiger partial charge in [-0.05, 0) is 13.0 Å². The first-order valence-electron chi connectivity index (χ1n) is 6.63. The number of ether oxygens (including phenoxy) is 1. The van der Waals surface area contributed by atoms with Crippen LogP contribution in [0.3, 0.4) is 0 Å². The van der Waals surface area contributed by atoms with Crippen LogP contribution in [-0.2, 0) is 6.54 Å². The van der Waals surface area contributed by atoms with Gasteiger partial charge in [0.15, 0.2) is 0 Å². The van der Waals surface area contributed by atoms with E-state index in [2.05, 4.69) is 26.7 Å². The van der Waals surface area contributed by atoms with Gasteiger partial charge in [-0.1, -0.05) is 6.92 Å². The topological polar surface area (TPSA) is 41.5 Å². The maximum Gasteiger partial charge on any atom is 0.231 e. The third kappa shape index (κ3) is 2.08. The van der Waals surface area contributed by atoms with Crippen LogP contribution in [0.25, 0.3) is 0 Å². The third-order valence-corrected chi connectivity index (χ3v) is 4.10. The van der Waals surface area contributed by atoms with Gasteiger partial charge in [0.25, 0.3) is 0 Å². The summed E-state index contributed by atoms with van der Waals surface area (Å²) in [6.45, 7) is 6.74. The first kappa shape index (κ1) is 11.9. The van der Waals surface area contributed by atoms with Crippen LogP contribution in [-0.4, -0.2) is 58.6 Å². The molecule has 98 valence electrons. The van der Waals surface area contributed by atoms with Gasteiger partial charge in [-0.15, -0.1) is 0 Å². The van der Waals surface area contributed by atoms with E-state index in [4.69, 9.17) is 4.74 Å². The molecule has 2 atom stereocenters. The first-order chi connectivity index (χ1) is 8.80. The lowest BCUT2D eigenvalue weighted by Gasteiger charge is -2.56. The Labute approximate surface area is 108 Å². The smallest absolute Gasteiger partial charge is 0.231 e. The maximum absolute atomic E-state index is 5.02. The molecule has 2 bridgehead atoms. The lowest BCUT2D eigenvalue weighted by Crippen LogP contribution is -2.67. The Morgan fingerprint density at radius 3 is 2.61 bits per heavy atom. The summed E-state index contributed by atoms with van der Waals surface area (Å²) < 4.78 is 5.02. The van der Waals surface area contributed by atoms with Crippen LogP contribution in [0.15, 0.2) is 12.4 Å². The molecule has 0 N–H and O–H groups in total. The average Bonchev–Trinajstić information content (AvgIpc) is 2.45. The number of hydrogen-bond donors (Lipinski definition) is 0. The van der Waals surface area contributed by atoms with Crippen molar-refractivity contribution in [3.8, 4) is 5.88 Å². The number of rotatable bonds is 4. The van der Waals surface area contributed by atoms with Gasteiger partial charge in [0, 0.05) is 31.7 Å². The van der Waals surface area contributed by atoms with Gasteiger partial charge in [-0.25, -0.2) is 4.98 Å². The zero-order valence-electron chi connectivity index (χ0n) is 11.0. The number of piperazine rings is 1. The Balaban J connectivity index is 1.61. The van der Waals surface area contributed by atoms with E-state index in [1.807, 2.05) is 6.20 Å². The third-order valence-electron chi connectivity index (χ3n) is 4.10. The number of piperidine rings is 1. The standard InChI is InChI=1S/C13H20N4O/c1-3-16-8-11-4-12(9-16)17(11)7-10-5-15-13(18-2)6-14-10/h5-6,11-12H,3-4,7-9H2,1-2H3. The SMILES string of the molecule is CCN1CC2CC(C1)N2Cc1cnc(OC)cn1. The van der Waals surface area contributed by atoms with Gasteiger partial charge in [0.2, 0.25) is 5.88 Å². The highest BCUT2D eigenvalue weighted by atomic mass is 16.5. The molecule has 1 aromatic heterocycles. The van der Waals surface area contributed by atoms with Crippen molar-refractivity contribution < 1.29 is 4.74 Å². The molecule has 3 saturated heterocycles. The number of methoxy groups -OCH3 is 1. The van der Waals surface area contributed by atoms with Crippen molar-refractivity contribution in [2.75, 3.05) is 26.7 Å². The summed E-state index contributed by atoms with van der Waals surface area (Å²) in [7, 11) is 1.61. The summed E-state index contributed by atoms with van der Waals surface area (Å²) in [5.74, 6) is 0.583. The van der Waals surface area contributed by atoms with Crippen LogP contribution < -0.4 is 4.74 Å². The highest BCUT2D eigenvalue weighted by molar-refractivity contribution is 5.09. The highest BCUT2D eigenvalue weighted by Gasteiger charge is 2.43. The predicted octanol–water partition coefficient (Wildman–Crippen LogP) is 0.764. The van der Waals surface area contributed by atoms with Gasteiger partial charge in [-0.3, -0.25) is 9.88 Å². The molecule has 3 aliphatic heterocycles. The molecule has 4 rings (SSSR count). The molecule has 0 radical (unpaired) electrons. The summed E-state index contributed by atoms with van der Waals surface area (Å²) in [4.78, 5) is 13.7. The number of aromatic nitrogens is 2. The van der Waals surface area contributed by atoms with Crippen LogP contribution >= 0.6 is 0 Å². The van der Waals surface area contributed by atoms with Gasteiger partial charge in [0.05, 0.1) is 25.2 Å². The minimum atomic E-state index is 0.583. The van der Waals surface area contributed by atoms with Crippen molar-refractivity contribution >= 4 is 0 Å². The summed E-state index contributed by atoms with van der Waals surface area (Å²) in [6, 6.07) is 1.43. The lowest BCUT2D eigenvalue weighted by molar-refractivity contribution is -0.0739. The van der Waals surface area contributed by atoms with Gasteiger partial charge >= 0.3 is 0 Å². The molecular formula is C13H20N4O. The van der Waals surface area contributed by atoms with Gasteiger partial charge < -0.3 is 9.64 Å². The van der Waals surface area contributed by atoms with E-state index in [9.17, 15) is 0 Å². The highest BCUT2D eigenvalue weighted by Crippen LogP contribution is 2.33. The Bertz CT molecular complexity index is 396. The Kier molecular flexibility index (Phi) is 3.18. The molecule has 3 aliphatic rings. The quantitative estimate of drug-likeness (QED) is 0.787. The van der Waals surface area contributed by atoms with E-state index in [1.165, 1.54) is 26.1 Å². The van der Waals surface area contributed by atoms with E-state index >= 15 is 0 Å². The van der Waals surface area contributed by atoms with E-state index < -0.39 is 0 Å². The number of nitrogens with zero attached hydrogens (tertiary/aromatic N) is 4. The van der Waals surface area contributed by atoms with E-state index in [0.29, 0.717) is 18.0 Å². The Morgan fingerprint density at radius 1 is 1.28 bits per heavy atom. The number of fused-ring (bicyclic) bond motifs is 2. The molecule has 0 spiro atoms. The van der Waals surface area contributed by atoms with Crippen molar-refractivity contribution in [1.82, 2.24) is 19.8 Å². The van der Waals surface area contributed by atoms with Gasteiger partial charge in [-0.2, -0.15) is 0 Å². The summed E-state index contributed by atoms with van der Waals surface area (Å²) in [6.07, 6.45) is 4.87. The fourth-order valence-electron chi connectivity index (χ4n) is 3.01. The molecule has 0 amide bonds. The van der Waals surface area contributed by atoms with E-state index in [0.717, 1.165) is 12.2 Å².